The second-order valence-corrected chi connectivity index (χ2v) is 3.53. The fraction of sp³-hybridized carbons (Fsp3) is 1.00. The molecular weight excluding hydrogens is 130 g/mol. The van der Waals surface area contributed by atoms with Gasteiger partial charge in [0.2, 0.25) is 0 Å². The molecule has 1 rings (SSSR count). The highest BCUT2D eigenvalue weighted by atomic mass is 32.2. The number of likely N-dealkylation sites (tertiary alicyclic amines) is 1. The van der Waals surface area contributed by atoms with Crippen LogP contribution in [0.4, 0.5) is 0 Å². The summed E-state index contributed by atoms with van der Waals surface area (Å²) < 4.78 is 0. The molecule has 0 saturated carbocycles. The third kappa shape index (κ3) is 2.59. The second-order valence-electron chi connectivity index (χ2n) is 2.54. The van der Waals surface area contributed by atoms with Crippen LogP contribution < -0.4 is 0 Å². The molecule has 0 aromatic carbocycles. The lowest BCUT2D eigenvalue weighted by Crippen LogP contribution is -2.37. The number of hydrogen-bond donors (Lipinski definition) is 0. The normalized spacial score (nSPS) is 19.7. The molecule has 54 valence electrons. The van der Waals surface area contributed by atoms with Crippen LogP contribution in [0.3, 0.4) is 0 Å². The molecule has 1 nitrogen and oxygen atoms in total. The van der Waals surface area contributed by atoms with Crippen LogP contribution in [0.2, 0.25) is 0 Å². The van der Waals surface area contributed by atoms with E-state index in [1.54, 1.807) is 0 Å². The first-order valence-electron chi connectivity index (χ1n) is 3.65. The van der Waals surface area contributed by atoms with Gasteiger partial charge in [-0.05, 0) is 44.5 Å². The van der Waals surface area contributed by atoms with Gasteiger partial charge in [0, 0.05) is 0 Å². The predicted octanol–water partition coefficient (Wildman–Crippen LogP) is 1.45. The maximum atomic E-state index is 2.52. The lowest BCUT2D eigenvalue weighted by atomic mass is 10.2. The van der Waals surface area contributed by atoms with E-state index >= 15 is 0 Å². The Morgan fingerprint density at radius 1 is 1.44 bits per heavy atom. The highest BCUT2D eigenvalue weighted by Crippen LogP contribution is 2.06. The topological polar surface area (TPSA) is 3.24 Å². The van der Waals surface area contributed by atoms with Crippen LogP contribution in [-0.4, -0.2) is 36.5 Å². The summed E-state index contributed by atoms with van der Waals surface area (Å²) in [7, 11) is 0. The van der Waals surface area contributed by atoms with E-state index in [1.165, 1.54) is 38.2 Å². The van der Waals surface area contributed by atoms with Gasteiger partial charge in [0.15, 0.2) is 0 Å². The average molecular weight is 145 g/mol. The van der Waals surface area contributed by atoms with Crippen molar-refractivity contribution in [2.24, 2.45) is 0 Å². The van der Waals surface area contributed by atoms with Crippen LogP contribution in [0, 0.1) is 0 Å². The SMILES string of the molecule is CSCCCN1CCC1. The maximum absolute atomic E-state index is 2.52. The van der Waals surface area contributed by atoms with E-state index in [0.29, 0.717) is 0 Å². The van der Waals surface area contributed by atoms with E-state index < -0.39 is 0 Å². The van der Waals surface area contributed by atoms with Crippen molar-refractivity contribution < 1.29 is 0 Å². The quantitative estimate of drug-likeness (QED) is 0.551. The van der Waals surface area contributed by atoms with Crippen LogP contribution in [0.5, 0.6) is 0 Å². The van der Waals surface area contributed by atoms with Crippen LogP contribution >= 0.6 is 11.8 Å². The Morgan fingerprint density at radius 3 is 2.67 bits per heavy atom. The molecule has 0 N–H and O–H groups in total. The van der Waals surface area contributed by atoms with Gasteiger partial charge < -0.3 is 4.90 Å². The van der Waals surface area contributed by atoms with E-state index in [4.69, 9.17) is 0 Å². The molecule has 1 saturated heterocycles. The fourth-order valence-corrected chi connectivity index (χ4v) is 1.46. The summed E-state index contributed by atoms with van der Waals surface area (Å²) in [5.41, 5.74) is 0. The highest BCUT2D eigenvalue weighted by molar-refractivity contribution is 7.98. The minimum atomic E-state index is 1.33. The zero-order valence-electron chi connectivity index (χ0n) is 6.10. The Morgan fingerprint density at radius 2 is 2.22 bits per heavy atom. The molecule has 9 heavy (non-hydrogen) atoms. The molecule has 1 aliphatic heterocycles. The summed E-state index contributed by atoms with van der Waals surface area (Å²) in [6.45, 7) is 4.05. The van der Waals surface area contributed by atoms with Crippen molar-refractivity contribution in [3.63, 3.8) is 0 Å². The van der Waals surface area contributed by atoms with Crippen LogP contribution in [-0.2, 0) is 0 Å². The molecule has 0 aromatic heterocycles. The van der Waals surface area contributed by atoms with Crippen molar-refractivity contribution in [2.45, 2.75) is 12.8 Å². The van der Waals surface area contributed by atoms with E-state index in [1.807, 2.05) is 11.8 Å². The molecule has 2 heteroatoms. The third-order valence-electron chi connectivity index (χ3n) is 1.77. The Balaban J connectivity index is 1.80. The third-order valence-corrected chi connectivity index (χ3v) is 2.47. The largest absolute Gasteiger partial charge is 0.303 e. The first kappa shape index (κ1) is 7.42. The molecule has 1 heterocycles. The Labute approximate surface area is 61.8 Å². The second kappa shape index (κ2) is 4.18. The summed E-state index contributed by atoms with van der Waals surface area (Å²) in [5, 5.41) is 0. The first-order valence-corrected chi connectivity index (χ1v) is 5.04. The van der Waals surface area contributed by atoms with E-state index in [-0.39, 0.29) is 0 Å². The zero-order valence-corrected chi connectivity index (χ0v) is 6.91. The lowest BCUT2D eigenvalue weighted by molar-refractivity contribution is 0.182. The summed E-state index contributed by atoms with van der Waals surface area (Å²) in [6, 6.07) is 0. The minimum Gasteiger partial charge on any atom is -0.303 e. The zero-order chi connectivity index (χ0) is 6.53. The number of nitrogens with zero attached hydrogens (tertiary/aromatic N) is 1. The summed E-state index contributed by atoms with van der Waals surface area (Å²) in [4.78, 5) is 2.52. The van der Waals surface area contributed by atoms with Crippen molar-refractivity contribution in [3.05, 3.63) is 0 Å². The first-order chi connectivity index (χ1) is 4.43. The molecule has 0 atom stereocenters. The van der Waals surface area contributed by atoms with Crippen LogP contribution in [0.1, 0.15) is 12.8 Å². The van der Waals surface area contributed by atoms with Gasteiger partial charge in [0.1, 0.15) is 0 Å². The van der Waals surface area contributed by atoms with Crippen LogP contribution in [0.15, 0.2) is 0 Å². The van der Waals surface area contributed by atoms with Crippen molar-refractivity contribution in [1.29, 1.82) is 0 Å². The van der Waals surface area contributed by atoms with E-state index in [0.717, 1.165) is 0 Å². The summed E-state index contributed by atoms with van der Waals surface area (Å²) in [6.07, 6.45) is 4.98. The van der Waals surface area contributed by atoms with Crippen molar-refractivity contribution >= 4 is 11.8 Å². The minimum absolute atomic E-state index is 1.33. The van der Waals surface area contributed by atoms with Gasteiger partial charge >= 0.3 is 0 Å². The van der Waals surface area contributed by atoms with Gasteiger partial charge in [-0.25, -0.2) is 0 Å². The van der Waals surface area contributed by atoms with Gasteiger partial charge in [-0.15, -0.1) is 0 Å². The molecule has 0 aromatic rings. The Kier molecular flexibility index (Phi) is 3.44. The summed E-state index contributed by atoms with van der Waals surface area (Å²) in [5.74, 6) is 1.33. The number of thioether (sulfide) groups is 1. The molecule has 0 spiro atoms. The molecule has 1 fully saturated rings. The lowest BCUT2D eigenvalue weighted by Gasteiger charge is -2.30. The van der Waals surface area contributed by atoms with Crippen molar-refractivity contribution in [1.82, 2.24) is 4.90 Å². The standard InChI is InChI=1S/C7H15NS/c1-9-7-3-6-8-4-2-5-8/h2-7H2,1H3. The summed E-state index contributed by atoms with van der Waals surface area (Å²) >= 11 is 1.95. The Bertz CT molecular complexity index is 71.3. The molecule has 0 aliphatic carbocycles. The molecular formula is C7H15NS. The van der Waals surface area contributed by atoms with Gasteiger partial charge in [0.05, 0.1) is 0 Å². The van der Waals surface area contributed by atoms with Gasteiger partial charge in [0.25, 0.3) is 0 Å². The molecule has 1 aliphatic rings. The average Bonchev–Trinajstić information content (AvgIpc) is 1.76. The van der Waals surface area contributed by atoms with Gasteiger partial charge in [-0.3, -0.25) is 0 Å². The predicted molar refractivity (Wildman–Crippen MR) is 44.1 cm³/mol. The maximum Gasteiger partial charge on any atom is -0.000653 e. The molecule has 0 amide bonds. The van der Waals surface area contributed by atoms with Crippen molar-refractivity contribution in [2.75, 3.05) is 31.6 Å². The van der Waals surface area contributed by atoms with E-state index in [9.17, 15) is 0 Å². The van der Waals surface area contributed by atoms with Crippen molar-refractivity contribution in [3.8, 4) is 0 Å². The Hall–Kier alpha value is 0.310. The van der Waals surface area contributed by atoms with Gasteiger partial charge in [-0.1, -0.05) is 0 Å². The smallest absolute Gasteiger partial charge is 0.000653 e. The van der Waals surface area contributed by atoms with E-state index in [2.05, 4.69) is 11.2 Å². The fourth-order valence-electron chi connectivity index (χ4n) is 1.04. The van der Waals surface area contributed by atoms with Gasteiger partial charge in [-0.2, -0.15) is 11.8 Å². The molecule has 0 radical (unpaired) electrons. The highest BCUT2D eigenvalue weighted by Gasteiger charge is 2.11. The van der Waals surface area contributed by atoms with Crippen LogP contribution in [0.25, 0.3) is 0 Å². The molecule has 0 unspecified atom stereocenters. The number of rotatable bonds is 4. The molecule has 0 bridgehead atoms. The number of hydrogen-bond acceptors (Lipinski definition) is 2. The monoisotopic (exact) mass is 145 g/mol.